The van der Waals surface area contributed by atoms with Gasteiger partial charge in [-0.3, -0.25) is 0 Å². The van der Waals surface area contributed by atoms with Gasteiger partial charge in [0.15, 0.2) is 0 Å². The van der Waals surface area contributed by atoms with Gasteiger partial charge in [0.25, 0.3) is 0 Å². The Hall–Kier alpha value is -1.59. The van der Waals surface area contributed by atoms with Crippen LogP contribution >= 0.6 is 0 Å². The summed E-state index contributed by atoms with van der Waals surface area (Å²) in [4.78, 5) is 11.6. The lowest BCUT2D eigenvalue weighted by molar-refractivity contribution is 0.0599. The fourth-order valence-corrected chi connectivity index (χ4v) is 1.67. The lowest BCUT2D eigenvalue weighted by Gasteiger charge is -2.11. The Bertz CT molecular complexity index is 396. The van der Waals surface area contributed by atoms with Gasteiger partial charge in [-0.25, -0.2) is 4.79 Å². The average Bonchev–Trinajstić information content (AvgIpc) is 2.39. The second-order valence-electron chi connectivity index (χ2n) is 4.33. The number of aliphatic hydroxyl groups is 1. The summed E-state index contributed by atoms with van der Waals surface area (Å²) in [5.41, 5.74) is 1.95. The fourth-order valence-electron chi connectivity index (χ4n) is 1.67. The van der Waals surface area contributed by atoms with Gasteiger partial charge in [-0.05, 0) is 30.5 Å². The van der Waals surface area contributed by atoms with E-state index in [2.05, 4.69) is 17.6 Å². The molecular formula is C14H22N2O3. The topological polar surface area (TPSA) is 70.6 Å². The number of benzene rings is 1. The van der Waals surface area contributed by atoms with Crippen molar-refractivity contribution in [1.82, 2.24) is 5.32 Å². The van der Waals surface area contributed by atoms with E-state index in [0.717, 1.165) is 12.1 Å². The Labute approximate surface area is 114 Å². The smallest absolute Gasteiger partial charge is 0.319 e. The highest BCUT2D eigenvalue weighted by atomic mass is 16.5. The van der Waals surface area contributed by atoms with Gasteiger partial charge >= 0.3 is 6.03 Å². The molecule has 106 valence electrons. The van der Waals surface area contributed by atoms with Crippen LogP contribution in [0.25, 0.3) is 0 Å². The van der Waals surface area contributed by atoms with Gasteiger partial charge in [0, 0.05) is 19.3 Å². The number of aryl methyl sites for hydroxylation is 1. The van der Waals surface area contributed by atoms with E-state index in [9.17, 15) is 9.90 Å². The van der Waals surface area contributed by atoms with E-state index >= 15 is 0 Å². The van der Waals surface area contributed by atoms with E-state index in [4.69, 9.17) is 4.74 Å². The largest absolute Gasteiger partial charge is 0.391 e. The molecule has 0 fully saturated rings. The van der Waals surface area contributed by atoms with Crippen molar-refractivity contribution in [1.29, 1.82) is 0 Å². The average molecular weight is 266 g/mol. The first kappa shape index (κ1) is 15.5. The lowest BCUT2D eigenvalue weighted by atomic mass is 10.1. The van der Waals surface area contributed by atoms with Gasteiger partial charge in [0.1, 0.15) is 0 Å². The van der Waals surface area contributed by atoms with Crippen molar-refractivity contribution in [3.8, 4) is 0 Å². The lowest BCUT2D eigenvalue weighted by Crippen LogP contribution is -2.32. The molecule has 2 amide bonds. The van der Waals surface area contributed by atoms with Crippen LogP contribution in [0, 0.1) is 0 Å². The number of urea groups is 1. The molecule has 0 heterocycles. The number of ether oxygens (including phenoxy) is 1. The second-order valence-corrected chi connectivity index (χ2v) is 4.33. The van der Waals surface area contributed by atoms with Crippen molar-refractivity contribution in [2.45, 2.75) is 25.9 Å². The molecule has 3 N–H and O–H groups in total. The summed E-state index contributed by atoms with van der Waals surface area (Å²) in [5.74, 6) is 0. The van der Waals surface area contributed by atoms with Crippen molar-refractivity contribution in [2.75, 3.05) is 25.6 Å². The van der Waals surface area contributed by atoms with Crippen LogP contribution in [-0.2, 0) is 11.2 Å². The van der Waals surface area contributed by atoms with E-state index in [0.29, 0.717) is 13.0 Å². The second kappa shape index (κ2) is 8.50. The van der Waals surface area contributed by atoms with Crippen LogP contribution in [0.1, 0.15) is 18.9 Å². The van der Waals surface area contributed by atoms with Gasteiger partial charge in [-0.2, -0.15) is 0 Å². The molecule has 0 saturated heterocycles. The molecule has 5 heteroatoms. The van der Waals surface area contributed by atoms with Crippen LogP contribution in [-0.4, -0.2) is 37.5 Å². The van der Waals surface area contributed by atoms with Gasteiger partial charge in [0.2, 0.25) is 0 Å². The Kier molecular flexibility index (Phi) is 6.92. The zero-order valence-electron chi connectivity index (χ0n) is 11.5. The van der Waals surface area contributed by atoms with E-state index in [1.165, 1.54) is 12.7 Å². The van der Waals surface area contributed by atoms with E-state index in [1.807, 2.05) is 24.3 Å². The molecule has 0 aromatic heterocycles. The van der Waals surface area contributed by atoms with E-state index in [1.54, 1.807) is 0 Å². The van der Waals surface area contributed by atoms with Crippen molar-refractivity contribution in [3.63, 3.8) is 0 Å². The van der Waals surface area contributed by atoms with Gasteiger partial charge < -0.3 is 20.5 Å². The third kappa shape index (κ3) is 6.22. The third-order valence-corrected chi connectivity index (χ3v) is 2.72. The van der Waals surface area contributed by atoms with Crippen molar-refractivity contribution < 1.29 is 14.6 Å². The molecule has 1 rings (SSSR count). The number of aliphatic hydroxyl groups excluding tert-OH is 1. The maximum atomic E-state index is 11.6. The standard InChI is InChI=1S/C14H22N2O3/c1-3-11-5-4-6-12(9-11)16-14(18)15-8-7-13(17)10-19-2/h4-6,9,13,17H,3,7-8,10H2,1-2H3,(H2,15,16,18). The molecular weight excluding hydrogens is 244 g/mol. The van der Waals surface area contributed by atoms with Crippen LogP contribution in [0.5, 0.6) is 0 Å². The molecule has 1 atom stereocenters. The molecule has 0 radical (unpaired) electrons. The molecule has 0 saturated carbocycles. The Morgan fingerprint density at radius 3 is 2.95 bits per heavy atom. The zero-order valence-corrected chi connectivity index (χ0v) is 11.5. The van der Waals surface area contributed by atoms with Crippen LogP contribution in [0.4, 0.5) is 10.5 Å². The highest BCUT2D eigenvalue weighted by molar-refractivity contribution is 5.89. The first-order valence-corrected chi connectivity index (χ1v) is 6.46. The Morgan fingerprint density at radius 1 is 1.47 bits per heavy atom. The highest BCUT2D eigenvalue weighted by Crippen LogP contribution is 2.10. The van der Waals surface area contributed by atoms with E-state index < -0.39 is 6.10 Å². The molecule has 1 aromatic rings. The molecule has 5 nitrogen and oxygen atoms in total. The fraction of sp³-hybridized carbons (Fsp3) is 0.500. The zero-order chi connectivity index (χ0) is 14.1. The number of amides is 2. The summed E-state index contributed by atoms with van der Waals surface area (Å²) in [5, 5.41) is 14.9. The summed E-state index contributed by atoms with van der Waals surface area (Å²) < 4.78 is 4.80. The maximum Gasteiger partial charge on any atom is 0.319 e. The number of hydrogen-bond donors (Lipinski definition) is 3. The molecule has 1 unspecified atom stereocenters. The summed E-state index contributed by atoms with van der Waals surface area (Å²) in [6, 6.07) is 7.46. The molecule has 1 aromatic carbocycles. The summed E-state index contributed by atoms with van der Waals surface area (Å²) in [7, 11) is 1.53. The summed E-state index contributed by atoms with van der Waals surface area (Å²) in [6.07, 6.45) is 0.852. The van der Waals surface area contributed by atoms with E-state index in [-0.39, 0.29) is 12.6 Å². The van der Waals surface area contributed by atoms with Crippen molar-refractivity contribution in [2.24, 2.45) is 0 Å². The molecule has 0 aliphatic heterocycles. The number of nitrogens with one attached hydrogen (secondary N) is 2. The minimum Gasteiger partial charge on any atom is -0.391 e. The first-order valence-electron chi connectivity index (χ1n) is 6.46. The molecule has 0 spiro atoms. The SMILES string of the molecule is CCc1cccc(NC(=O)NCCC(O)COC)c1. The normalized spacial score (nSPS) is 11.9. The number of rotatable bonds is 7. The summed E-state index contributed by atoms with van der Waals surface area (Å²) in [6.45, 7) is 2.75. The maximum absolute atomic E-state index is 11.6. The van der Waals surface area contributed by atoms with Crippen LogP contribution in [0.15, 0.2) is 24.3 Å². The van der Waals surface area contributed by atoms with Crippen molar-refractivity contribution >= 4 is 11.7 Å². The highest BCUT2D eigenvalue weighted by Gasteiger charge is 2.05. The minimum atomic E-state index is -0.547. The molecule has 0 aliphatic carbocycles. The van der Waals surface area contributed by atoms with Gasteiger partial charge in [-0.15, -0.1) is 0 Å². The van der Waals surface area contributed by atoms with Crippen LogP contribution in [0.3, 0.4) is 0 Å². The number of carbonyl (C=O) groups excluding carboxylic acids is 1. The molecule has 0 bridgehead atoms. The first-order chi connectivity index (χ1) is 9.15. The number of carbonyl (C=O) groups is 1. The van der Waals surface area contributed by atoms with Gasteiger partial charge in [-0.1, -0.05) is 19.1 Å². The number of anilines is 1. The third-order valence-electron chi connectivity index (χ3n) is 2.72. The molecule has 0 aliphatic rings. The predicted molar refractivity (Wildman–Crippen MR) is 75.3 cm³/mol. The molecule has 19 heavy (non-hydrogen) atoms. The number of hydrogen-bond acceptors (Lipinski definition) is 3. The predicted octanol–water partition coefficient (Wildman–Crippen LogP) is 1.77. The van der Waals surface area contributed by atoms with Gasteiger partial charge in [0.05, 0.1) is 12.7 Å². The number of methoxy groups -OCH3 is 1. The minimum absolute atomic E-state index is 0.266. The summed E-state index contributed by atoms with van der Waals surface area (Å²) >= 11 is 0. The van der Waals surface area contributed by atoms with Crippen LogP contribution in [0.2, 0.25) is 0 Å². The Balaban J connectivity index is 2.30. The monoisotopic (exact) mass is 266 g/mol. The van der Waals surface area contributed by atoms with Crippen molar-refractivity contribution in [3.05, 3.63) is 29.8 Å². The van der Waals surface area contributed by atoms with Crippen LogP contribution < -0.4 is 10.6 Å². The quantitative estimate of drug-likeness (QED) is 0.704. The Morgan fingerprint density at radius 2 is 2.26 bits per heavy atom.